The Morgan fingerprint density at radius 3 is 2.96 bits per heavy atom. The summed E-state index contributed by atoms with van der Waals surface area (Å²) >= 11 is 0. The fraction of sp³-hybridized carbons (Fsp3) is 0.450. The van der Waals surface area contributed by atoms with E-state index in [-0.39, 0.29) is 11.5 Å². The minimum Gasteiger partial charge on any atom is -0.364 e. The van der Waals surface area contributed by atoms with Crippen molar-refractivity contribution >= 4 is 11.5 Å². The molecule has 1 saturated carbocycles. The molecule has 0 amide bonds. The van der Waals surface area contributed by atoms with Crippen molar-refractivity contribution < 1.29 is 4.39 Å². The van der Waals surface area contributed by atoms with Gasteiger partial charge in [-0.1, -0.05) is 13.0 Å². The third-order valence-corrected chi connectivity index (χ3v) is 5.77. The van der Waals surface area contributed by atoms with Crippen LogP contribution in [0.3, 0.4) is 0 Å². The van der Waals surface area contributed by atoms with Gasteiger partial charge in [-0.25, -0.2) is 14.4 Å². The monoisotopic (exact) mass is 366 g/mol. The number of imidazole rings is 1. The van der Waals surface area contributed by atoms with Gasteiger partial charge in [0, 0.05) is 18.2 Å². The number of halogens is 1. The van der Waals surface area contributed by atoms with Crippen LogP contribution in [0, 0.1) is 0 Å². The van der Waals surface area contributed by atoms with E-state index >= 15 is 0 Å². The van der Waals surface area contributed by atoms with Crippen LogP contribution in [-0.2, 0) is 5.41 Å². The van der Waals surface area contributed by atoms with E-state index < -0.39 is 6.17 Å². The first-order valence-electron chi connectivity index (χ1n) is 9.55. The first-order valence-corrected chi connectivity index (χ1v) is 9.55. The fourth-order valence-electron chi connectivity index (χ4n) is 3.66. The molecule has 2 fully saturated rings. The quantitative estimate of drug-likeness (QED) is 0.743. The van der Waals surface area contributed by atoms with E-state index in [9.17, 15) is 4.39 Å². The number of nitrogens with one attached hydrogen (secondary N) is 2. The highest BCUT2D eigenvalue weighted by Crippen LogP contribution is 2.46. The van der Waals surface area contributed by atoms with Crippen LogP contribution in [0.2, 0.25) is 0 Å². The molecule has 2 aliphatic rings. The molecular weight excluding hydrogens is 343 g/mol. The average Bonchev–Trinajstić information content (AvgIpc) is 3.29. The molecule has 0 radical (unpaired) electrons. The minimum atomic E-state index is -0.909. The Morgan fingerprint density at radius 1 is 1.26 bits per heavy atom. The van der Waals surface area contributed by atoms with E-state index in [0.717, 1.165) is 35.7 Å². The number of piperidine rings is 1. The Bertz CT molecular complexity index is 980. The van der Waals surface area contributed by atoms with E-state index in [1.165, 1.54) is 12.8 Å². The van der Waals surface area contributed by atoms with Gasteiger partial charge in [-0.2, -0.15) is 0 Å². The van der Waals surface area contributed by atoms with Crippen molar-refractivity contribution in [3.63, 3.8) is 0 Å². The van der Waals surface area contributed by atoms with Crippen LogP contribution in [0.25, 0.3) is 17.0 Å². The number of hydrogen-bond acceptors (Lipinski definition) is 5. The Morgan fingerprint density at radius 2 is 2.15 bits per heavy atom. The number of alkyl halides is 1. The number of rotatable bonds is 4. The number of pyridine rings is 1. The van der Waals surface area contributed by atoms with Crippen LogP contribution < -0.4 is 10.6 Å². The van der Waals surface area contributed by atoms with Gasteiger partial charge in [-0.3, -0.25) is 9.38 Å². The van der Waals surface area contributed by atoms with E-state index in [0.29, 0.717) is 12.4 Å². The zero-order chi connectivity index (χ0) is 18.4. The maximum absolute atomic E-state index is 14.1. The molecule has 3 aromatic rings. The van der Waals surface area contributed by atoms with Crippen molar-refractivity contribution in [2.24, 2.45) is 0 Å². The summed E-state index contributed by atoms with van der Waals surface area (Å²) < 4.78 is 16.2. The Kier molecular flexibility index (Phi) is 3.86. The molecule has 1 saturated heterocycles. The van der Waals surface area contributed by atoms with E-state index in [1.807, 2.05) is 30.6 Å². The largest absolute Gasteiger partial charge is 0.364 e. The van der Waals surface area contributed by atoms with Gasteiger partial charge in [-0.15, -0.1) is 0 Å². The highest BCUT2D eigenvalue weighted by Gasteiger charge is 2.40. The molecule has 27 heavy (non-hydrogen) atoms. The van der Waals surface area contributed by atoms with Crippen LogP contribution in [0.15, 0.2) is 36.8 Å². The lowest BCUT2D eigenvalue weighted by atomic mass is 10.1. The molecule has 2 atom stereocenters. The number of nitrogens with zero attached hydrogens (tertiary/aromatic N) is 4. The zero-order valence-electron chi connectivity index (χ0n) is 15.3. The molecule has 0 unspecified atom stereocenters. The molecule has 0 spiro atoms. The summed E-state index contributed by atoms with van der Waals surface area (Å²) in [6.45, 7) is 3.45. The molecule has 3 aromatic heterocycles. The summed E-state index contributed by atoms with van der Waals surface area (Å²) in [6, 6.07) is 5.59. The number of aromatic nitrogens is 4. The van der Waals surface area contributed by atoms with Gasteiger partial charge in [0.1, 0.15) is 12.0 Å². The van der Waals surface area contributed by atoms with Crippen LogP contribution in [-0.4, -0.2) is 44.7 Å². The first-order chi connectivity index (χ1) is 13.1. The normalized spacial score (nSPS) is 24.1. The van der Waals surface area contributed by atoms with Gasteiger partial charge in [-0.05, 0) is 37.9 Å². The van der Waals surface area contributed by atoms with Crippen molar-refractivity contribution in [2.45, 2.75) is 43.8 Å². The zero-order valence-corrected chi connectivity index (χ0v) is 15.3. The number of hydrogen-bond donors (Lipinski definition) is 2. The smallest absolute Gasteiger partial charge is 0.155 e. The second-order valence-electron chi connectivity index (χ2n) is 7.87. The summed E-state index contributed by atoms with van der Waals surface area (Å²) in [4.78, 5) is 13.8. The molecule has 6 nitrogen and oxygen atoms in total. The lowest BCUT2D eigenvalue weighted by molar-refractivity contribution is 0.244. The van der Waals surface area contributed by atoms with Gasteiger partial charge in [0.15, 0.2) is 5.65 Å². The lowest BCUT2D eigenvalue weighted by Crippen LogP contribution is -2.45. The van der Waals surface area contributed by atoms with Crippen molar-refractivity contribution in [1.29, 1.82) is 0 Å². The third kappa shape index (κ3) is 3.06. The minimum absolute atomic E-state index is 0.192. The molecule has 4 heterocycles. The Balaban J connectivity index is 1.47. The van der Waals surface area contributed by atoms with E-state index in [1.54, 1.807) is 0 Å². The SMILES string of the molecule is CC1(c2cn3c(-c4cccc(N[C@H]5CCNC[C@@H]5F)n4)cnc3cn2)CC1. The summed E-state index contributed by atoms with van der Waals surface area (Å²) in [5, 5.41) is 6.33. The summed E-state index contributed by atoms with van der Waals surface area (Å²) in [7, 11) is 0. The third-order valence-electron chi connectivity index (χ3n) is 5.77. The number of anilines is 1. The highest BCUT2D eigenvalue weighted by molar-refractivity contribution is 5.61. The molecule has 2 N–H and O–H groups in total. The molecule has 0 aromatic carbocycles. The lowest BCUT2D eigenvalue weighted by Gasteiger charge is -2.27. The van der Waals surface area contributed by atoms with Crippen LogP contribution in [0.5, 0.6) is 0 Å². The Hall–Kier alpha value is -2.54. The summed E-state index contributed by atoms with van der Waals surface area (Å²) in [5.41, 5.74) is 3.83. The molecule has 1 aliphatic heterocycles. The average molecular weight is 366 g/mol. The van der Waals surface area contributed by atoms with Crippen molar-refractivity contribution in [2.75, 3.05) is 18.4 Å². The highest BCUT2D eigenvalue weighted by atomic mass is 19.1. The predicted octanol–water partition coefficient (Wildman–Crippen LogP) is 2.95. The van der Waals surface area contributed by atoms with Gasteiger partial charge in [0.2, 0.25) is 0 Å². The standard InChI is InChI=1S/C20H23FN6/c1-20(6-7-20)17-12-27-16(10-24-19(27)11-23-17)15-3-2-4-18(26-15)25-14-5-8-22-9-13(14)21/h2-4,10-14,22H,5-9H2,1H3,(H,25,26)/t13-,14-/m0/s1. The second-order valence-corrected chi connectivity index (χ2v) is 7.87. The first kappa shape index (κ1) is 16.6. The van der Waals surface area contributed by atoms with Gasteiger partial charge in [0.05, 0.1) is 35.5 Å². The topological polar surface area (TPSA) is 67.1 Å². The fourth-order valence-corrected chi connectivity index (χ4v) is 3.66. The molecule has 1 aliphatic carbocycles. The van der Waals surface area contributed by atoms with E-state index in [2.05, 4.69) is 38.1 Å². The molecule has 7 heteroatoms. The number of fused-ring (bicyclic) bond motifs is 1. The van der Waals surface area contributed by atoms with Crippen LogP contribution in [0.4, 0.5) is 10.2 Å². The summed E-state index contributed by atoms with van der Waals surface area (Å²) in [5.74, 6) is 0.695. The van der Waals surface area contributed by atoms with Crippen molar-refractivity contribution in [3.8, 4) is 11.4 Å². The van der Waals surface area contributed by atoms with Crippen LogP contribution >= 0.6 is 0 Å². The van der Waals surface area contributed by atoms with Crippen LogP contribution in [0.1, 0.15) is 31.9 Å². The summed E-state index contributed by atoms with van der Waals surface area (Å²) in [6.07, 6.45) is 7.92. The van der Waals surface area contributed by atoms with Gasteiger partial charge >= 0.3 is 0 Å². The molecule has 0 bridgehead atoms. The Labute approximate surface area is 157 Å². The van der Waals surface area contributed by atoms with Gasteiger partial charge in [0.25, 0.3) is 0 Å². The maximum atomic E-state index is 14.1. The molecule has 140 valence electrons. The molecular formula is C20H23FN6. The second kappa shape index (κ2) is 6.27. The van der Waals surface area contributed by atoms with E-state index in [4.69, 9.17) is 4.98 Å². The van der Waals surface area contributed by atoms with Crippen molar-refractivity contribution in [1.82, 2.24) is 24.7 Å². The van der Waals surface area contributed by atoms with Gasteiger partial charge < -0.3 is 10.6 Å². The molecule has 5 rings (SSSR count). The van der Waals surface area contributed by atoms with Crippen molar-refractivity contribution in [3.05, 3.63) is 42.5 Å². The maximum Gasteiger partial charge on any atom is 0.155 e. The predicted molar refractivity (Wildman–Crippen MR) is 103 cm³/mol.